The summed E-state index contributed by atoms with van der Waals surface area (Å²) in [4.78, 5) is 1.32. The Morgan fingerprint density at radius 1 is 1.45 bits per heavy atom. The molecule has 0 saturated heterocycles. The number of nitrogens with one attached hydrogen (secondary N) is 1. The Morgan fingerprint density at radius 3 is 2.75 bits per heavy atom. The molecule has 0 unspecified atom stereocenters. The highest BCUT2D eigenvalue weighted by molar-refractivity contribution is 9.11. The molecule has 0 fully saturated rings. The van der Waals surface area contributed by atoms with E-state index in [9.17, 15) is 8.42 Å². The maximum atomic E-state index is 12.5. The van der Waals surface area contributed by atoms with E-state index in [4.69, 9.17) is 4.74 Å². The van der Waals surface area contributed by atoms with E-state index in [-0.39, 0.29) is 0 Å². The summed E-state index contributed by atoms with van der Waals surface area (Å²) >= 11 is 4.79. The fourth-order valence-corrected chi connectivity index (χ4v) is 5.29. The molecule has 1 rings (SSSR count). The van der Waals surface area contributed by atoms with Gasteiger partial charge < -0.3 is 10.1 Å². The van der Waals surface area contributed by atoms with Gasteiger partial charge in [-0.2, -0.15) is 4.31 Å². The fraction of sp³-hybridized carbons (Fsp3) is 0.667. The van der Waals surface area contributed by atoms with Gasteiger partial charge in [-0.25, -0.2) is 8.42 Å². The summed E-state index contributed by atoms with van der Waals surface area (Å²) in [7, 11) is -1.89. The number of halogens is 1. The van der Waals surface area contributed by atoms with Crippen LogP contribution >= 0.6 is 27.3 Å². The number of hydrogen-bond donors (Lipinski definition) is 1. The van der Waals surface area contributed by atoms with Crippen molar-refractivity contribution >= 4 is 37.3 Å². The van der Waals surface area contributed by atoms with Crippen LogP contribution in [0, 0.1) is 0 Å². The normalized spacial score (nSPS) is 12.2. The molecule has 1 heterocycles. The number of rotatable bonds is 9. The van der Waals surface area contributed by atoms with Crippen LogP contribution in [0.2, 0.25) is 0 Å². The molecule has 1 aromatic heterocycles. The Balaban J connectivity index is 2.83. The van der Waals surface area contributed by atoms with Crippen molar-refractivity contribution in [2.75, 3.05) is 33.4 Å². The topological polar surface area (TPSA) is 58.6 Å². The second kappa shape index (κ2) is 8.45. The van der Waals surface area contributed by atoms with E-state index in [1.165, 1.54) is 15.6 Å². The van der Waals surface area contributed by atoms with Gasteiger partial charge in [-0.15, -0.1) is 11.3 Å². The highest BCUT2D eigenvalue weighted by Crippen LogP contribution is 2.33. The first-order valence-corrected chi connectivity index (χ1v) is 9.51. The van der Waals surface area contributed by atoms with Crippen molar-refractivity contribution < 1.29 is 13.2 Å². The zero-order chi connectivity index (χ0) is 15.2. The van der Waals surface area contributed by atoms with Crippen molar-refractivity contribution in [3.63, 3.8) is 0 Å². The lowest BCUT2D eigenvalue weighted by molar-refractivity contribution is 0.138. The van der Waals surface area contributed by atoms with Gasteiger partial charge in [0.05, 0.1) is 10.4 Å². The van der Waals surface area contributed by atoms with E-state index in [0.29, 0.717) is 35.0 Å². The first kappa shape index (κ1) is 18.1. The second-order valence-corrected chi connectivity index (χ2v) is 8.62. The molecule has 0 amide bonds. The van der Waals surface area contributed by atoms with Crippen LogP contribution in [-0.4, -0.2) is 46.1 Å². The maximum Gasteiger partial charge on any atom is 0.244 e. The zero-order valence-corrected chi connectivity index (χ0v) is 15.2. The van der Waals surface area contributed by atoms with Crippen molar-refractivity contribution in [1.29, 1.82) is 0 Å². The quantitative estimate of drug-likeness (QED) is 0.663. The molecule has 0 radical (unpaired) electrons. The van der Waals surface area contributed by atoms with Gasteiger partial charge in [0, 0.05) is 31.6 Å². The molecular weight excluding hydrogens is 364 g/mol. The molecule has 0 aliphatic carbocycles. The molecule has 0 bridgehead atoms. The third kappa shape index (κ3) is 4.78. The lowest BCUT2D eigenvalue weighted by Gasteiger charge is -2.16. The number of nitrogens with zero attached hydrogens (tertiary/aromatic N) is 1. The van der Waals surface area contributed by atoms with Gasteiger partial charge in [0.25, 0.3) is 0 Å². The van der Waals surface area contributed by atoms with E-state index in [0.717, 1.165) is 11.4 Å². The summed E-state index contributed by atoms with van der Waals surface area (Å²) in [6.45, 7) is 6.77. The summed E-state index contributed by atoms with van der Waals surface area (Å²) in [6, 6.07) is 1.73. The molecule has 0 spiro atoms. The Bertz CT molecular complexity index is 517. The summed E-state index contributed by atoms with van der Waals surface area (Å²) < 4.78 is 32.1. The molecule has 1 N–H and O–H groups in total. The molecule has 0 aliphatic rings. The van der Waals surface area contributed by atoms with Crippen molar-refractivity contribution in [2.24, 2.45) is 0 Å². The Morgan fingerprint density at radius 2 is 2.15 bits per heavy atom. The first-order valence-electron chi connectivity index (χ1n) is 6.46. The maximum absolute atomic E-state index is 12.5. The van der Waals surface area contributed by atoms with Crippen molar-refractivity contribution in [1.82, 2.24) is 9.62 Å². The van der Waals surface area contributed by atoms with E-state index in [1.807, 2.05) is 13.8 Å². The Hall–Kier alpha value is 0.01000. The van der Waals surface area contributed by atoms with Crippen LogP contribution in [0.4, 0.5) is 0 Å². The average Bonchev–Trinajstić information content (AvgIpc) is 2.78. The highest BCUT2D eigenvalue weighted by atomic mass is 79.9. The summed E-state index contributed by atoms with van der Waals surface area (Å²) in [5.41, 5.74) is 0. The van der Waals surface area contributed by atoms with Crippen molar-refractivity contribution in [3.8, 4) is 0 Å². The third-order valence-electron chi connectivity index (χ3n) is 2.70. The predicted octanol–water partition coefficient (Wildman–Crippen LogP) is 2.28. The SMILES string of the molecule is CCNCc1cc(S(=O)(=O)N(C)CCOCC)c(Br)s1. The van der Waals surface area contributed by atoms with E-state index < -0.39 is 10.0 Å². The highest BCUT2D eigenvalue weighted by Gasteiger charge is 2.25. The molecule has 0 saturated carbocycles. The molecule has 0 atom stereocenters. The number of sulfonamides is 1. The molecule has 1 aromatic rings. The van der Waals surface area contributed by atoms with E-state index >= 15 is 0 Å². The molecule has 8 heteroatoms. The van der Waals surface area contributed by atoms with Crippen molar-refractivity contribution in [2.45, 2.75) is 25.3 Å². The number of hydrogen-bond acceptors (Lipinski definition) is 5. The van der Waals surface area contributed by atoms with Crippen LogP contribution in [0.25, 0.3) is 0 Å². The standard InChI is InChI=1S/C12H21BrN2O3S2/c1-4-14-9-10-8-11(12(13)19-10)20(16,17)15(3)6-7-18-5-2/h8,14H,4-7,9H2,1-3H3. The van der Waals surface area contributed by atoms with Gasteiger partial charge in [-0.3, -0.25) is 0 Å². The molecule has 116 valence electrons. The largest absolute Gasteiger partial charge is 0.380 e. The minimum atomic E-state index is -3.47. The predicted molar refractivity (Wildman–Crippen MR) is 85.7 cm³/mol. The van der Waals surface area contributed by atoms with Gasteiger partial charge in [-0.1, -0.05) is 6.92 Å². The van der Waals surface area contributed by atoms with Crippen LogP contribution in [0.1, 0.15) is 18.7 Å². The smallest absolute Gasteiger partial charge is 0.244 e. The van der Waals surface area contributed by atoms with Crippen LogP contribution in [0.3, 0.4) is 0 Å². The van der Waals surface area contributed by atoms with E-state index in [2.05, 4.69) is 21.2 Å². The molecule has 0 aromatic carbocycles. The van der Waals surface area contributed by atoms with E-state index in [1.54, 1.807) is 13.1 Å². The minimum absolute atomic E-state index is 0.328. The van der Waals surface area contributed by atoms with Crippen molar-refractivity contribution in [3.05, 3.63) is 14.7 Å². The second-order valence-electron chi connectivity index (χ2n) is 4.15. The molecule has 20 heavy (non-hydrogen) atoms. The first-order chi connectivity index (χ1) is 9.43. The van der Waals surface area contributed by atoms with Crippen LogP contribution in [0.5, 0.6) is 0 Å². The zero-order valence-electron chi connectivity index (χ0n) is 12.0. The lowest BCUT2D eigenvalue weighted by atomic mass is 10.4. The van der Waals surface area contributed by atoms with Gasteiger partial charge >= 0.3 is 0 Å². The molecule has 0 aliphatic heterocycles. The molecule has 5 nitrogen and oxygen atoms in total. The van der Waals surface area contributed by atoms with Crippen LogP contribution in [0.15, 0.2) is 14.7 Å². The summed E-state index contributed by atoms with van der Waals surface area (Å²) in [6.07, 6.45) is 0. The monoisotopic (exact) mass is 384 g/mol. The Kier molecular flexibility index (Phi) is 7.63. The van der Waals surface area contributed by atoms with Gasteiger partial charge in [-0.05, 0) is 35.5 Å². The Labute approximate surface area is 133 Å². The lowest BCUT2D eigenvalue weighted by Crippen LogP contribution is -2.30. The van der Waals surface area contributed by atoms with Crippen LogP contribution < -0.4 is 5.32 Å². The van der Waals surface area contributed by atoms with Gasteiger partial charge in [0.1, 0.15) is 4.90 Å². The third-order valence-corrected chi connectivity index (χ3v) is 6.81. The average molecular weight is 385 g/mol. The fourth-order valence-electron chi connectivity index (χ4n) is 1.53. The summed E-state index contributed by atoms with van der Waals surface area (Å²) in [5.74, 6) is 0. The number of likely N-dealkylation sites (N-methyl/N-ethyl adjacent to an activating group) is 1. The number of thiophene rings is 1. The minimum Gasteiger partial charge on any atom is -0.380 e. The van der Waals surface area contributed by atoms with Gasteiger partial charge in [0.2, 0.25) is 10.0 Å². The van der Waals surface area contributed by atoms with Crippen LogP contribution in [-0.2, 0) is 21.3 Å². The van der Waals surface area contributed by atoms with Gasteiger partial charge in [0.15, 0.2) is 0 Å². The molecular formula is C12H21BrN2O3S2. The summed E-state index contributed by atoms with van der Waals surface area (Å²) in [5, 5.41) is 3.19. The number of ether oxygens (including phenoxy) is 1.